The van der Waals surface area contributed by atoms with Crippen molar-refractivity contribution >= 4 is 28.5 Å². The second-order valence-corrected chi connectivity index (χ2v) is 7.28. The zero-order valence-corrected chi connectivity index (χ0v) is 13.1. The Morgan fingerprint density at radius 1 is 1.36 bits per heavy atom. The third-order valence-corrected chi connectivity index (χ3v) is 6.18. The van der Waals surface area contributed by atoms with Crippen LogP contribution in [0, 0.1) is 11.8 Å². The summed E-state index contributed by atoms with van der Waals surface area (Å²) in [5, 5.41) is 5.23. The Balaban J connectivity index is 1.45. The van der Waals surface area contributed by atoms with Gasteiger partial charge < -0.3 is 15.0 Å². The Morgan fingerprint density at radius 2 is 2.32 bits per heavy atom. The highest BCUT2D eigenvalue weighted by Gasteiger charge is 2.62. The summed E-state index contributed by atoms with van der Waals surface area (Å²) >= 11 is 6.06. The lowest BCUT2D eigenvalue weighted by Crippen LogP contribution is -2.61. The van der Waals surface area contributed by atoms with Crippen molar-refractivity contribution in [2.24, 2.45) is 11.8 Å². The van der Waals surface area contributed by atoms with Gasteiger partial charge in [-0.3, -0.25) is 0 Å². The van der Waals surface area contributed by atoms with E-state index in [0.29, 0.717) is 17.1 Å². The van der Waals surface area contributed by atoms with Gasteiger partial charge in [-0.05, 0) is 44.1 Å². The normalized spacial score (nSPS) is 36.7. The number of rotatable bonds is 2. The summed E-state index contributed by atoms with van der Waals surface area (Å²) in [7, 11) is 0. The zero-order chi connectivity index (χ0) is 14.7. The van der Waals surface area contributed by atoms with E-state index in [1.165, 1.54) is 32.1 Å². The van der Waals surface area contributed by atoms with Crippen LogP contribution in [0.25, 0.3) is 11.0 Å². The molecule has 1 spiro atoms. The SMILES string of the molecule is Clc1cc2c(NC3CCCC45OCCC4CC35)ncnc2[nH]1. The molecule has 0 aromatic carbocycles. The molecule has 22 heavy (non-hydrogen) atoms. The van der Waals surface area contributed by atoms with E-state index in [2.05, 4.69) is 20.3 Å². The number of fused-ring (bicyclic) bond motifs is 1. The van der Waals surface area contributed by atoms with Gasteiger partial charge in [0.2, 0.25) is 0 Å². The topological polar surface area (TPSA) is 62.8 Å². The minimum Gasteiger partial charge on any atom is -0.374 e. The molecule has 3 fully saturated rings. The molecule has 1 saturated heterocycles. The third-order valence-electron chi connectivity index (χ3n) is 5.98. The van der Waals surface area contributed by atoms with Crippen molar-refractivity contribution in [3.63, 3.8) is 0 Å². The molecule has 6 heteroatoms. The largest absolute Gasteiger partial charge is 0.374 e. The first-order valence-corrected chi connectivity index (χ1v) is 8.54. The van der Waals surface area contributed by atoms with Crippen LogP contribution in [0.4, 0.5) is 5.82 Å². The van der Waals surface area contributed by atoms with Crippen molar-refractivity contribution in [1.82, 2.24) is 15.0 Å². The van der Waals surface area contributed by atoms with E-state index >= 15 is 0 Å². The Bertz CT molecular complexity index is 732. The molecule has 4 atom stereocenters. The molecular formula is C16H19ClN4O. The molecule has 2 aliphatic carbocycles. The standard InChI is InChI=1S/C16H19ClN4O/c17-13-7-10-14(18-8-19-15(10)21-13)20-12-2-1-4-16-9(3-5-22-16)6-11(12)16/h7-9,11-12H,1-6H2,(H2,18,19,20,21). The summed E-state index contributed by atoms with van der Waals surface area (Å²) in [6.45, 7) is 0.944. The van der Waals surface area contributed by atoms with E-state index in [1.54, 1.807) is 6.33 Å². The Morgan fingerprint density at radius 3 is 3.23 bits per heavy atom. The second-order valence-electron chi connectivity index (χ2n) is 6.88. The summed E-state index contributed by atoms with van der Waals surface area (Å²) in [5.41, 5.74) is 0.953. The van der Waals surface area contributed by atoms with E-state index in [9.17, 15) is 0 Å². The van der Waals surface area contributed by atoms with E-state index in [1.807, 2.05) is 6.07 Å². The molecule has 2 aromatic heterocycles. The third kappa shape index (κ3) is 1.69. The van der Waals surface area contributed by atoms with Gasteiger partial charge in [-0.1, -0.05) is 11.6 Å². The molecule has 5 nitrogen and oxygen atoms in total. The number of hydrogen-bond donors (Lipinski definition) is 2. The number of ether oxygens (including phenoxy) is 1. The van der Waals surface area contributed by atoms with Gasteiger partial charge in [-0.2, -0.15) is 0 Å². The number of H-pyrrole nitrogens is 1. The van der Waals surface area contributed by atoms with Crippen LogP contribution in [-0.4, -0.2) is 33.2 Å². The van der Waals surface area contributed by atoms with Crippen molar-refractivity contribution in [2.75, 3.05) is 11.9 Å². The predicted molar refractivity (Wildman–Crippen MR) is 85.1 cm³/mol. The Kier molecular flexibility index (Phi) is 2.74. The molecule has 0 bridgehead atoms. The van der Waals surface area contributed by atoms with Crippen molar-refractivity contribution in [1.29, 1.82) is 0 Å². The molecule has 4 unspecified atom stereocenters. The van der Waals surface area contributed by atoms with Crippen LogP contribution in [0.15, 0.2) is 12.4 Å². The smallest absolute Gasteiger partial charge is 0.144 e. The molecule has 0 radical (unpaired) electrons. The average Bonchev–Trinajstić information content (AvgIpc) is 2.99. The van der Waals surface area contributed by atoms with Crippen LogP contribution >= 0.6 is 11.6 Å². The summed E-state index contributed by atoms with van der Waals surface area (Å²) in [6, 6.07) is 2.34. The van der Waals surface area contributed by atoms with Crippen LogP contribution in [0.3, 0.4) is 0 Å². The minimum absolute atomic E-state index is 0.165. The van der Waals surface area contributed by atoms with Crippen molar-refractivity contribution in [3.05, 3.63) is 17.5 Å². The minimum atomic E-state index is 0.165. The highest BCUT2D eigenvalue weighted by atomic mass is 35.5. The van der Waals surface area contributed by atoms with Crippen molar-refractivity contribution < 1.29 is 4.74 Å². The fraction of sp³-hybridized carbons (Fsp3) is 0.625. The fourth-order valence-corrected chi connectivity index (χ4v) is 5.16. The lowest BCUT2D eigenvalue weighted by molar-refractivity contribution is -0.160. The molecule has 116 valence electrons. The van der Waals surface area contributed by atoms with E-state index in [-0.39, 0.29) is 5.60 Å². The quantitative estimate of drug-likeness (QED) is 0.891. The summed E-state index contributed by atoms with van der Waals surface area (Å²) < 4.78 is 6.20. The highest BCUT2D eigenvalue weighted by Crippen LogP contribution is 2.59. The Labute approximate surface area is 133 Å². The van der Waals surface area contributed by atoms with Crippen LogP contribution < -0.4 is 5.32 Å². The molecule has 2 N–H and O–H groups in total. The lowest BCUT2D eigenvalue weighted by Gasteiger charge is -2.57. The number of nitrogens with one attached hydrogen (secondary N) is 2. The van der Waals surface area contributed by atoms with Crippen LogP contribution in [-0.2, 0) is 4.74 Å². The lowest BCUT2D eigenvalue weighted by atomic mass is 9.53. The van der Waals surface area contributed by atoms with E-state index < -0.39 is 0 Å². The maximum Gasteiger partial charge on any atom is 0.144 e. The maximum absolute atomic E-state index is 6.20. The molecule has 1 aliphatic heterocycles. The summed E-state index contributed by atoms with van der Waals surface area (Å²) in [4.78, 5) is 11.7. The van der Waals surface area contributed by atoms with Gasteiger partial charge in [0.05, 0.1) is 11.0 Å². The number of aromatic nitrogens is 3. The van der Waals surface area contributed by atoms with Gasteiger partial charge in [0, 0.05) is 18.6 Å². The first kappa shape index (κ1) is 13.1. The average molecular weight is 319 g/mol. The molecule has 0 amide bonds. The molecular weight excluding hydrogens is 300 g/mol. The highest BCUT2D eigenvalue weighted by molar-refractivity contribution is 6.30. The van der Waals surface area contributed by atoms with Gasteiger partial charge >= 0.3 is 0 Å². The van der Waals surface area contributed by atoms with Crippen LogP contribution in [0.2, 0.25) is 5.15 Å². The number of aromatic amines is 1. The van der Waals surface area contributed by atoms with Crippen molar-refractivity contribution in [3.8, 4) is 0 Å². The fourth-order valence-electron chi connectivity index (χ4n) is 4.96. The summed E-state index contributed by atoms with van der Waals surface area (Å²) in [5.74, 6) is 2.29. The van der Waals surface area contributed by atoms with E-state index in [0.717, 1.165) is 29.4 Å². The van der Waals surface area contributed by atoms with Gasteiger partial charge in [0.1, 0.15) is 22.9 Å². The predicted octanol–water partition coefficient (Wildman–Crippen LogP) is 3.37. The van der Waals surface area contributed by atoms with Gasteiger partial charge in [0.15, 0.2) is 0 Å². The first-order valence-electron chi connectivity index (χ1n) is 8.16. The van der Waals surface area contributed by atoms with Gasteiger partial charge in [0.25, 0.3) is 0 Å². The molecule has 2 saturated carbocycles. The monoisotopic (exact) mass is 318 g/mol. The molecule has 5 rings (SSSR count). The van der Waals surface area contributed by atoms with Gasteiger partial charge in [-0.25, -0.2) is 9.97 Å². The second kappa shape index (κ2) is 4.59. The first-order chi connectivity index (χ1) is 10.8. The summed E-state index contributed by atoms with van der Waals surface area (Å²) in [6.07, 6.45) is 7.77. The van der Waals surface area contributed by atoms with E-state index in [4.69, 9.17) is 16.3 Å². The molecule has 3 aliphatic rings. The molecule has 3 heterocycles. The zero-order valence-electron chi connectivity index (χ0n) is 12.3. The van der Waals surface area contributed by atoms with Crippen molar-refractivity contribution in [2.45, 2.75) is 43.7 Å². The van der Waals surface area contributed by atoms with Crippen LogP contribution in [0.1, 0.15) is 32.1 Å². The number of anilines is 1. The number of halogens is 1. The Hall–Kier alpha value is -1.33. The van der Waals surface area contributed by atoms with Gasteiger partial charge in [-0.15, -0.1) is 0 Å². The van der Waals surface area contributed by atoms with Crippen LogP contribution in [0.5, 0.6) is 0 Å². The molecule has 2 aromatic rings. The maximum atomic E-state index is 6.20. The number of hydrogen-bond acceptors (Lipinski definition) is 4. The number of nitrogens with zero attached hydrogens (tertiary/aromatic N) is 2.